The lowest BCUT2D eigenvalue weighted by Gasteiger charge is -2.30. The molecular formula is C14H20FN. The zero-order chi connectivity index (χ0) is 11.8. The normalized spacial score (nSPS) is 18.5. The molecule has 2 N–H and O–H groups in total. The summed E-state index contributed by atoms with van der Waals surface area (Å²) in [5, 5.41) is 0. The van der Waals surface area contributed by atoms with E-state index in [-0.39, 0.29) is 11.4 Å². The molecule has 0 aromatic heterocycles. The third-order valence-corrected chi connectivity index (χ3v) is 4.03. The lowest BCUT2D eigenvalue weighted by atomic mass is 9.80. The highest BCUT2D eigenvalue weighted by atomic mass is 19.1. The largest absolute Gasteiger partial charge is 0.325 e. The number of hydrogen-bond acceptors (Lipinski definition) is 1. The minimum absolute atomic E-state index is 0.0902. The highest BCUT2D eigenvalue weighted by Gasteiger charge is 2.51. The van der Waals surface area contributed by atoms with E-state index in [2.05, 4.69) is 13.8 Å². The number of hydrogen-bond donors (Lipinski definition) is 1. The summed E-state index contributed by atoms with van der Waals surface area (Å²) in [6.07, 6.45) is 4.58. The van der Waals surface area contributed by atoms with E-state index in [0.717, 1.165) is 12.8 Å². The van der Waals surface area contributed by atoms with Crippen molar-refractivity contribution in [1.29, 1.82) is 0 Å². The van der Waals surface area contributed by atoms with Crippen LogP contribution in [0.1, 0.15) is 38.7 Å². The standard InChI is InChI=1S/C14H20FN/c1-13(2,16)14(9-10-14)8-7-11-3-5-12(15)6-4-11/h3-6H,7-10,16H2,1-2H3. The Morgan fingerprint density at radius 1 is 1.25 bits per heavy atom. The first kappa shape index (κ1) is 11.6. The minimum atomic E-state index is -0.163. The Labute approximate surface area is 96.9 Å². The Balaban J connectivity index is 1.96. The Bertz CT molecular complexity index is 357. The van der Waals surface area contributed by atoms with Crippen molar-refractivity contribution < 1.29 is 4.39 Å². The molecule has 0 saturated heterocycles. The van der Waals surface area contributed by atoms with E-state index in [0.29, 0.717) is 5.41 Å². The van der Waals surface area contributed by atoms with Crippen molar-refractivity contribution in [2.45, 2.75) is 45.1 Å². The van der Waals surface area contributed by atoms with Gasteiger partial charge in [-0.3, -0.25) is 0 Å². The predicted molar refractivity (Wildman–Crippen MR) is 64.7 cm³/mol. The van der Waals surface area contributed by atoms with Crippen LogP contribution < -0.4 is 5.73 Å². The second-order valence-corrected chi connectivity index (χ2v) is 5.63. The van der Waals surface area contributed by atoms with Crippen LogP contribution in [0.4, 0.5) is 4.39 Å². The van der Waals surface area contributed by atoms with Gasteiger partial charge in [0.1, 0.15) is 5.82 Å². The summed E-state index contributed by atoms with van der Waals surface area (Å²) in [6.45, 7) is 4.23. The van der Waals surface area contributed by atoms with E-state index in [1.807, 2.05) is 12.1 Å². The average molecular weight is 221 g/mol. The van der Waals surface area contributed by atoms with Crippen LogP contribution in [0, 0.1) is 11.2 Å². The first-order valence-corrected chi connectivity index (χ1v) is 5.96. The molecule has 0 unspecified atom stereocenters. The van der Waals surface area contributed by atoms with Gasteiger partial charge in [-0.2, -0.15) is 0 Å². The maximum Gasteiger partial charge on any atom is 0.123 e. The second-order valence-electron chi connectivity index (χ2n) is 5.63. The molecule has 0 atom stereocenters. The van der Waals surface area contributed by atoms with Gasteiger partial charge in [0, 0.05) is 5.54 Å². The molecule has 1 nitrogen and oxygen atoms in total. The molecule has 16 heavy (non-hydrogen) atoms. The lowest BCUT2D eigenvalue weighted by Crippen LogP contribution is -2.42. The zero-order valence-electron chi connectivity index (χ0n) is 10.1. The van der Waals surface area contributed by atoms with Gasteiger partial charge in [-0.15, -0.1) is 0 Å². The number of benzene rings is 1. The molecule has 1 saturated carbocycles. The molecule has 2 rings (SSSR count). The molecule has 0 bridgehead atoms. The minimum Gasteiger partial charge on any atom is -0.325 e. The van der Waals surface area contributed by atoms with Crippen LogP contribution in [-0.4, -0.2) is 5.54 Å². The molecule has 0 spiro atoms. The van der Waals surface area contributed by atoms with Crippen molar-refractivity contribution in [2.24, 2.45) is 11.1 Å². The summed E-state index contributed by atoms with van der Waals surface area (Å²) >= 11 is 0. The number of nitrogens with two attached hydrogens (primary N) is 1. The first-order chi connectivity index (χ1) is 7.43. The fourth-order valence-corrected chi connectivity index (χ4v) is 2.40. The maximum absolute atomic E-state index is 12.7. The van der Waals surface area contributed by atoms with Gasteiger partial charge in [-0.25, -0.2) is 4.39 Å². The lowest BCUT2D eigenvalue weighted by molar-refractivity contribution is 0.276. The molecule has 2 heteroatoms. The topological polar surface area (TPSA) is 26.0 Å². The molecule has 1 aromatic rings. The second kappa shape index (κ2) is 3.85. The van der Waals surface area contributed by atoms with Crippen LogP contribution in [0.5, 0.6) is 0 Å². The predicted octanol–water partition coefficient (Wildman–Crippen LogP) is 3.28. The summed E-state index contributed by atoms with van der Waals surface area (Å²) in [5.41, 5.74) is 7.64. The number of halogens is 1. The molecule has 88 valence electrons. The summed E-state index contributed by atoms with van der Waals surface area (Å²) in [6, 6.07) is 6.80. The molecule has 1 aromatic carbocycles. The smallest absolute Gasteiger partial charge is 0.123 e. The quantitative estimate of drug-likeness (QED) is 0.829. The average Bonchev–Trinajstić information content (AvgIpc) is 2.97. The van der Waals surface area contributed by atoms with E-state index in [1.165, 1.54) is 30.5 Å². The Morgan fingerprint density at radius 3 is 2.25 bits per heavy atom. The van der Waals surface area contributed by atoms with Gasteiger partial charge in [-0.05, 0) is 62.6 Å². The molecule has 1 aliphatic carbocycles. The van der Waals surface area contributed by atoms with Crippen LogP contribution in [-0.2, 0) is 6.42 Å². The molecular weight excluding hydrogens is 201 g/mol. The van der Waals surface area contributed by atoms with Gasteiger partial charge < -0.3 is 5.73 Å². The Kier molecular flexibility index (Phi) is 2.79. The number of rotatable bonds is 4. The van der Waals surface area contributed by atoms with Crippen molar-refractivity contribution in [3.05, 3.63) is 35.6 Å². The zero-order valence-corrected chi connectivity index (χ0v) is 10.1. The first-order valence-electron chi connectivity index (χ1n) is 5.96. The van der Waals surface area contributed by atoms with Gasteiger partial charge in [-0.1, -0.05) is 12.1 Å². The van der Waals surface area contributed by atoms with E-state index in [4.69, 9.17) is 5.73 Å². The molecule has 0 radical (unpaired) electrons. The maximum atomic E-state index is 12.7. The summed E-state index contributed by atoms with van der Waals surface area (Å²) < 4.78 is 12.7. The van der Waals surface area contributed by atoms with Crippen molar-refractivity contribution in [2.75, 3.05) is 0 Å². The molecule has 0 amide bonds. The van der Waals surface area contributed by atoms with Gasteiger partial charge >= 0.3 is 0 Å². The van der Waals surface area contributed by atoms with Crippen LogP contribution in [0.15, 0.2) is 24.3 Å². The fourth-order valence-electron chi connectivity index (χ4n) is 2.40. The van der Waals surface area contributed by atoms with Gasteiger partial charge in [0.25, 0.3) is 0 Å². The third-order valence-electron chi connectivity index (χ3n) is 4.03. The van der Waals surface area contributed by atoms with Crippen molar-refractivity contribution in [3.63, 3.8) is 0 Å². The van der Waals surface area contributed by atoms with E-state index >= 15 is 0 Å². The van der Waals surface area contributed by atoms with E-state index in [9.17, 15) is 4.39 Å². The van der Waals surface area contributed by atoms with Crippen LogP contribution in [0.3, 0.4) is 0 Å². The molecule has 1 fully saturated rings. The van der Waals surface area contributed by atoms with E-state index < -0.39 is 0 Å². The van der Waals surface area contributed by atoms with Crippen molar-refractivity contribution in [1.82, 2.24) is 0 Å². The van der Waals surface area contributed by atoms with Crippen molar-refractivity contribution in [3.8, 4) is 0 Å². The van der Waals surface area contributed by atoms with Gasteiger partial charge in [0.15, 0.2) is 0 Å². The summed E-state index contributed by atoms with van der Waals surface area (Å²) in [5.74, 6) is -0.163. The third kappa shape index (κ3) is 2.27. The van der Waals surface area contributed by atoms with E-state index in [1.54, 1.807) is 0 Å². The van der Waals surface area contributed by atoms with Crippen LogP contribution in [0.2, 0.25) is 0 Å². The molecule has 0 heterocycles. The van der Waals surface area contributed by atoms with Crippen molar-refractivity contribution >= 4 is 0 Å². The highest BCUT2D eigenvalue weighted by Crippen LogP contribution is 2.56. The monoisotopic (exact) mass is 221 g/mol. The molecule has 0 aliphatic heterocycles. The molecule has 1 aliphatic rings. The fraction of sp³-hybridized carbons (Fsp3) is 0.571. The Morgan fingerprint density at radius 2 is 1.81 bits per heavy atom. The van der Waals surface area contributed by atoms with Gasteiger partial charge in [0.05, 0.1) is 0 Å². The van der Waals surface area contributed by atoms with Gasteiger partial charge in [0.2, 0.25) is 0 Å². The SMILES string of the molecule is CC(C)(N)C1(CCc2ccc(F)cc2)CC1. The highest BCUT2D eigenvalue weighted by molar-refractivity contribution is 5.18. The summed E-state index contributed by atoms with van der Waals surface area (Å²) in [4.78, 5) is 0. The van der Waals surface area contributed by atoms with Crippen LogP contribution in [0.25, 0.3) is 0 Å². The van der Waals surface area contributed by atoms with Crippen LogP contribution >= 0.6 is 0 Å². The number of aryl methyl sites for hydroxylation is 1. The Hall–Kier alpha value is -0.890. The summed E-state index contributed by atoms with van der Waals surface area (Å²) in [7, 11) is 0.